The lowest BCUT2D eigenvalue weighted by molar-refractivity contribution is -0.385. The van der Waals surface area contributed by atoms with Gasteiger partial charge in [0.2, 0.25) is 0 Å². The Bertz CT molecular complexity index is 728. The summed E-state index contributed by atoms with van der Waals surface area (Å²) < 4.78 is 52.6. The number of ether oxygens (including phenoxy) is 3. The molecule has 2 heterocycles. The normalized spacial score (nSPS) is 19.0. The van der Waals surface area contributed by atoms with Crippen LogP contribution in [0.2, 0.25) is 0 Å². The predicted molar refractivity (Wildman–Crippen MR) is 89.0 cm³/mol. The van der Waals surface area contributed by atoms with E-state index in [2.05, 4.69) is 4.74 Å². The number of hydrogen-bond acceptors (Lipinski definition) is 6. The molecule has 0 radical (unpaired) electrons. The zero-order valence-corrected chi connectivity index (χ0v) is 14.8. The molecular weight excluding hydrogens is 385 g/mol. The smallest absolute Gasteiger partial charge is 0.422 e. The first kappa shape index (κ1) is 20.3. The third kappa shape index (κ3) is 4.90. The van der Waals surface area contributed by atoms with Gasteiger partial charge >= 0.3 is 6.18 Å². The summed E-state index contributed by atoms with van der Waals surface area (Å²) in [6.07, 6.45) is -3.65. The number of piperidine rings is 1. The van der Waals surface area contributed by atoms with Crippen LogP contribution in [0.3, 0.4) is 0 Å². The summed E-state index contributed by atoms with van der Waals surface area (Å²) in [6, 6.07) is 3.01. The second-order valence-electron chi connectivity index (χ2n) is 6.58. The minimum atomic E-state index is -4.56. The number of carbonyl (C=O) groups is 1. The van der Waals surface area contributed by atoms with Gasteiger partial charge < -0.3 is 19.1 Å². The van der Waals surface area contributed by atoms with Crippen molar-refractivity contribution in [3.8, 4) is 5.75 Å². The minimum Gasteiger partial charge on any atom is -0.484 e. The van der Waals surface area contributed by atoms with Gasteiger partial charge in [-0.3, -0.25) is 14.9 Å². The lowest BCUT2D eigenvalue weighted by Gasteiger charge is -2.33. The van der Waals surface area contributed by atoms with E-state index in [9.17, 15) is 28.1 Å². The van der Waals surface area contributed by atoms with Crippen molar-refractivity contribution in [3.63, 3.8) is 0 Å². The fourth-order valence-electron chi connectivity index (χ4n) is 3.29. The van der Waals surface area contributed by atoms with Crippen LogP contribution < -0.4 is 4.74 Å². The first-order valence-electron chi connectivity index (χ1n) is 8.75. The second kappa shape index (κ2) is 8.31. The number of likely N-dealkylation sites (tertiary alicyclic amines) is 1. The molecule has 8 nitrogen and oxygen atoms in total. The Kier molecular flexibility index (Phi) is 6.04. The summed E-state index contributed by atoms with van der Waals surface area (Å²) in [5, 5.41) is 11.2. The first-order valence-corrected chi connectivity index (χ1v) is 8.75. The predicted octanol–water partition coefficient (Wildman–Crippen LogP) is 2.76. The van der Waals surface area contributed by atoms with Crippen LogP contribution in [0.15, 0.2) is 18.2 Å². The molecule has 0 unspecified atom stereocenters. The zero-order valence-electron chi connectivity index (χ0n) is 14.8. The van der Waals surface area contributed by atoms with Crippen LogP contribution in [0.1, 0.15) is 23.2 Å². The summed E-state index contributed by atoms with van der Waals surface area (Å²) in [6.45, 7) is 0.196. The van der Waals surface area contributed by atoms with Crippen molar-refractivity contribution in [2.24, 2.45) is 5.92 Å². The summed E-state index contributed by atoms with van der Waals surface area (Å²) in [5.41, 5.74) is -0.773. The van der Waals surface area contributed by atoms with Crippen LogP contribution in [0.25, 0.3) is 0 Å². The maximum Gasteiger partial charge on any atom is 0.422 e. The average Bonchev–Trinajstić information content (AvgIpc) is 3.20. The Morgan fingerprint density at radius 1 is 1.25 bits per heavy atom. The number of alkyl halides is 3. The standard InChI is InChI=1S/C17H19F3N2O6/c18-17(19,20)10-28-12-1-2-14(22(24)25)13(9-12)15(23)21-5-3-11(4-6-21)16-26-7-8-27-16/h1-2,9,11,16H,3-8,10H2. The van der Waals surface area contributed by atoms with Gasteiger partial charge in [0.1, 0.15) is 11.3 Å². The van der Waals surface area contributed by atoms with Gasteiger partial charge in [-0.25, -0.2) is 0 Å². The van der Waals surface area contributed by atoms with E-state index in [4.69, 9.17) is 9.47 Å². The van der Waals surface area contributed by atoms with Crippen molar-refractivity contribution in [1.82, 2.24) is 4.90 Å². The summed E-state index contributed by atoms with van der Waals surface area (Å²) in [7, 11) is 0. The number of nitrogens with zero attached hydrogens (tertiary/aromatic N) is 2. The molecule has 154 valence electrons. The molecule has 2 aliphatic rings. The SMILES string of the molecule is O=C(c1cc(OCC(F)(F)F)ccc1[N+](=O)[O-])N1CCC(C2OCCO2)CC1. The fourth-order valence-corrected chi connectivity index (χ4v) is 3.29. The molecular formula is C17H19F3N2O6. The molecule has 0 aromatic heterocycles. The molecule has 2 fully saturated rings. The van der Waals surface area contributed by atoms with Crippen LogP contribution in [0, 0.1) is 16.0 Å². The summed E-state index contributed by atoms with van der Waals surface area (Å²) >= 11 is 0. The molecule has 11 heteroatoms. The molecule has 1 amide bonds. The molecule has 0 aliphatic carbocycles. The Balaban J connectivity index is 1.71. The van der Waals surface area contributed by atoms with Gasteiger partial charge in [0.25, 0.3) is 11.6 Å². The molecule has 1 aromatic carbocycles. The van der Waals surface area contributed by atoms with Crippen molar-refractivity contribution < 1.29 is 37.1 Å². The van der Waals surface area contributed by atoms with Gasteiger partial charge in [-0.05, 0) is 25.0 Å². The highest BCUT2D eigenvalue weighted by atomic mass is 19.4. The highest BCUT2D eigenvalue weighted by molar-refractivity contribution is 5.98. The molecule has 0 N–H and O–H groups in total. The van der Waals surface area contributed by atoms with Gasteiger partial charge in [-0.15, -0.1) is 0 Å². The number of nitro benzene ring substituents is 1. The fraction of sp³-hybridized carbons (Fsp3) is 0.588. The third-order valence-electron chi connectivity index (χ3n) is 4.66. The van der Waals surface area contributed by atoms with Crippen molar-refractivity contribution in [2.75, 3.05) is 32.9 Å². The molecule has 0 atom stereocenters. The van der Waals surface area contributed by atoms with Crippen LogP contribution in [-0.2, 0) is 9.47 Å². The van der Waals surface area contributed by atoms with Crippen molar-refractivity contribution in [3.05, 3.63) is 33.9 Å². The highest BCUT2D eigenvalue weighted by Crippen LogP contribution is 2.30. The van der Waals surface area contributed by atoms with Gasteiger partial charge in [0.05, 0.1) is 18.1 Å². The lowest BCUT2D eigenvalue weighted by Crippen LogP contribution is -2.41. The maximum absolute atomic E-state index is 12.8. The van der Waals surface area contributed by atoms with Crippen molar-refractivity contribution in [2.45, 2.75) is 25.3 Å². The monoisotopic (exact) mass is 404 g/mol. The topological polar surface area (TPSA) is 91.1 Å². The van der Waals surface area contributed by atoms with Gasteiger partial charge in [-0.2, -0.15) is 13.2 Å². The van der Waals surface area contributed by atoms with E-state index in [-0.39, 0.29) is 23.5 Å². The maximum atomic E-state index is 12.8. The molecule has 1 aromatic rings. The number of nitro groups is 1. The Morgan fingerprint density at radius 3 is 2.46 bits per heavy atom. The van der Waals surface area contributed by atoms with Gasteiger partial charge in [0.15, 0.2) is 12.9 Å². The Hall–Kier alpha value is -2.40. The van der Waals surface area contributed by atoms with E-state index in [1.54, 1.807) is 0 Å². The second-order valence-corrected chi connectivity index (χ2v) is 6.58. The molecule has 3 rings (SSSR count). The number of rotatable bonds is 5. The van der Waals surface area contributed by atoms with E-state index < -0.39 is 29.3 Å². The van der Waals surface area contributed by atoms with E-state index in [1.165, 1.54) is 4.90 Å². The van der Waals surface area contributed by atoms with Crippen LogP contribution in [0.4, 0.5) is 18.9 Å². The molecule has 0 spiro atoms. The molecule has 28 heavy (non-hydrogen) atoms. The largest absolute Gasteiger partial charge is 0.484 e. The minimum absolute atomic E-state index is 0.128. The first-order chi connectivity index (χ1) is 13.2. The number of halogens is 3. The number of amides is 1. The van der Waals surface area contributed by atoms with E-state index >= 15 is 0 Å². The number of hydrogen-bond donors (Lipinski definition) is 0. The molecule has 2 aliphatic heterocycles. The van der Waals surface area contributed by atoms with E-state index in [0.29, 0.717) is 39.1 Å². The Morgan fingerprint density at radius 2 is 1.89 bits per heavy atom. The Labute approximate surface area is 158 Å². The van der Waals surface area contributed by atoms with Crippen molar-refractivity contribution in [1.29, 1.82) is 0 Å². The highest BCUT2D eigenvalue weighted by Gasteiger charge is 2.34. The molecule has 2 saturated heterocycles. The lowest BCUT2D eigenvalue weighted by atomic mass is 9.95. The molecule has 0 saturated carbocycles. The van der Waals surface area contributed by atoms with Crippen LogP contribution in [-0.4, -0.2) is 61.1 Å². The summed E-state index contributed by atoms with van der Waals surface area (Å²) in [5.74, 6) is -0.743. The number of benzene rings is 1. The van der Waals surface area contributed by atoms with Crippen LogP contribution >= 0.6 is 0 Å². The van der Waals surface area contributed by atoms with Gasteiger partial charge in [0, 0.05) is 25.1 Å². The van der Waals surface area contributed by atoms with Gasteiger partial charge in [-0.1, -0.05) is 0 Å². The van der Waals surface area contributed by atoms with E-state index in [1.807, 2.05) is 0 Å². The quantitative estimate of drug-likeness (QED) is 0.554. The number of carbonyl (C=O) groups excluding carboxylic acids is 1. The zero-order chi connectivity index (χ0) is 20.3. The van der Waals surface area contributed by atoms with Crippen LogP contribution in [0.5, 0.6) is 5.75 Å². The molecule has 0 bridgehead atoms. The third-order valence-corrected chi connectivity index (χ3v) is 4.66. The summed E-state index contributed by atoms with van der Waals surface area (Å²) in [4.78, 5) is 24.7. The average molecular weight is 404 g/mol. The van der Waals surface area contributed by atoms with Crippen molar-refractivity contribution >= 4 is 11.6 Å². The van der Waals surface area contributed by atoms with E-state index in [0.717, 1.165) is 18.2 Å².